The van der Waals surface area contributed by atoms with Gasteiger partial charge in [-0.2, -0.15) is 0 Å². The summed E-state index contributed by atoms with van der Waals surface area (Å²) in [4.78, 5) is 29.2. The number of carbonyl (C=O) groups excluding carboxylic acids is 2. The Kier molecular flexibility index (Phi) is 6.69. The molecule has 0 radical (unpaired) electrons. The molecule has 1 aliphatic rings. The van der Waals surface area contributed by atoms with Crippen LogP contribution in [0.2, 0.25) is 5.02 Å². The highest BCUT2D eigenvalue weighted by atomic mass is 35.5. The van der Waals surface area contributed by atoms with E-state index < -0.39 is 29.7 Å². The van der Waals surface area contributed by atoms with Crippen LogP contribution in [0.3, 0.4) is 0 Å². The number of pyridine rings is 1. The van der Waals surface area contributed by atoms with E-state index in [1.807, 2.05) is 0 Å². The lowest BCUT2D eigenvalue weighted by Crippen LogP contribution is -2.34. The molecule has 0 fully saturated rings. The van der Waals surface area contributed by atoms with Crippen LogP contribution in [-0.4, -0.2) is 23.6 Å². The maximum absolute atomic E-state index is 14.7. The Morgan fingerprint density at radius 3 is 2.73 bits per heavy atom. The summed E-state index contributed by atoms with van der Waals surface area (Å²) in [7, 11) is 0. The zero-order valence-electron chi connectivity index (χ0n) is 17.1. The lowest BCUT2D eigenvalue weighted by molar-refractivity contribution is 0.102. The van der Waals surface area contributed by atoms with Gasteiger partial charge in [0.25, 0.3) is 5.91 Å². The first kappa shape index (κ1) is 22.5. The Bertz CT molecular complexity index is 1190. The van der Waals surface area contributed by atoms with Crippen molar-refractivity contribution in [3.63, 3.8) is 0 Å². The first-order valence-corrected chi connectivity index (χ1v) is 10.3. The smallest absolute Gasteiger partial charge is 0.408 e. The van der Waals surface area contributed by atoms with Crippen LogP contribution in [0.15, 0.2) is 54.7 Å². The Morgan fingerprint density at radius 2 is 1.97 bits per heavy atom. The summed E-state index contributed by atoms with van der Waals surface area (Å²) in [6.45, 7) is 0.0954. The fraction of sp³-hybridized carbons (Fsp3) is 0.174. The number of nitrogens with one attached hydrogen (secondary N) is 2. The Hall–Kier alpha value is -3.72. The molecule has 2 N–H and O–H groups in total. The molecule has 0 spiro atoms. The third-order valence-electron chi connectivity index (χ3n) is 4.94. The van der Waals surface area contributed by atoms with E-state index in [9.17, 15) is 18.4 Å². The summed E-state index contributed by atoms with van der Waals surface area (Å²) in [5.74, 6) is -1.85. The number of nitrogens with zero attached hydrogens (tertiary/aromatic N) is 1. The SMILES string of the molecule is O=C(N[C@H]1CCOc2c(C(=O)Nc3ccc(F)c(Cl)c3)ccc(F)c21)OCc1ccccn1. The van der Waals surface area contributed by atoms with Crippen LogP contribution in [0.1, 0.15) is 34.1 Å². The number of rotatable bonds is 5. The number of hydrogen-bond acceptors (Lipinski definition) is 5. The van der Waals surface area contributed by atoms with E-state index in [1.54, 1.807) is 24.4 Å². The van der Waals surface area contributed by atoms with E-state index in [0.29, 0.717) is 5.69 Å². The largest absolute Gasteiger partial charge is 0.492 e. The average Bonchev–Trinajstić information content (AvgIpc) is 2.81. The lowest BCUT2D eigenvalue weighted by atomic mass is 9.96. The minimum Gasteiger partial charge on any atom is -0.492 e. The molecule has 4 rings (SSSR count). The molecule has 3 aromatic rings. The summed E-state index contributed by atoms with van der Waals surface area (Å²) in [5.41, 5.74) is 0.917. The van der Waals surface area contributed by atoms with E-state index >= 15 is 0 Å². The van der Waals surface area contributed by atoms with Crippen molar-refractivity contribution in [1.29, 1.82) is 0 Å². The maximum Gasteiger partial charge on any atom is 0.408 e. The van der Waals surface area contributed by atoms with Gasteiger partial charge >= 0.3 is 6.09 Å². The molecule has 170 valence electrons. The van der Waals surface area contributed by atoms with E-state index in [2.05, 4.69) is 15.6 Å². The van der Waals surface area contributed by atoms with Crippen molar-refractivity contribution in [3.05, 3.63) is 88.2 Å². The molecular formula is C23H18ClF2N3O4. The standard InChI is InChI=1S/C23H18ClF2N3O4/c24-16-11-13(4-6-17(16)25)28-22(30)15-5-7-18(26)20-19(8-10-32-21(15)20)29-23(31)33-12-14-3-1-2-9-27-14/h1-7,9,11,19H,8,10,12H2,(H,28,30)(H,29,31)/t19-/m0/s1. The van der Waals surface area contributed by atoms with Crippen LogP contribution in [0.4, 0.5) is 19.3 Å². The van der Waals surface area contributed by atoms with Gasteiger partial charge in [0, 0.05) is 18.3 Å². The molecule has 0 aliphatic carbocycles. The molecule has 1 atom stereocenters. The number of halogens is 3. The van der Waals surface area contributed by atoms with Crippen LogP contribution in [0.25, 0.3) is 0 Å². The zero-order chi connectivity index (χ0) is 23.4. The molecule has 2 aromatic carbocycles. The van der Waals surface area contributed by atoms with Gasteiger partial charge < -0.3 is 20.1 Å². The first-order chi connectivity index (χ1) is 15.9. The molecule has 7 nitrogen and oxygen atoms in total. The van der Waals surface area contributed by atoms with Crippen molar-refractivity contribution in [3.8, 4) is 5.75 Å². The molecule has 2 heterocycles. The van der Waals surface area contributed by atoms with Gasteiger partial charge in [0.1, 0.15) is 24.0 Å². The van der Waals surface area contributed by atoms with Crippen molar-refractivity contribution in [2.75, 3.05) is 11.9 Å². The number of anilines is 1. The summed E-state index contributed by atoms with van der Waals surface area (Å²) >= 11 is 5.76. The minimum atomic E-state index is -0.766. The molecule has 0 saturated carbocycles. The fourth-order valence-electron chi connectivity index (χ4n) is 3.38. The number of ether oxygens (including phenoxy) is 2. The number of fused-ring (bicyclic) bond motifs is 1. The van der Waals surface area contributed by atoms with E-state index in [1.165, 1.54) is 18.2 Å². The van der Waals surface area contributed by atoms with Crippen molar-refractivity contribution >= 4 is 29.3 Å². The van der Waals surface area contributed by atoms with Gasteiger partial charge in [-0.25, -0.2) is 13.6 Å². The lowest BCUT2D eigenvalue weighted by Gasteiger charge is -2.28. The molecule has 0 unspecified atom stereocenters. The molecule has 1 aromatic heterocycles. The van der Waals surface area contributed by atoms with Gasteiger partial charge in [0.05, 0.1) is 34.5 Å². The minimum absolute atomic E-state index is 0.0157. The zero-order valence-corrected chi connectivity index (χ0v) is 17.9. The monoisotopic (exact) mass is 473 g/mol. The normalized spacial score (nSPS) is 14.6. The van der Waals surface area contributed by atoms with Gasteiger partial charge in [0.2, 0.25) is 0 Å². The summed E-state index contributed by atoms with van der Waals surface area (Å²) in [6, 6.07) is 10.6. The molecule has 0 bridgehead atoms. The maximum atomic E-state index is 14.7. The molecular weight excluding hydrogens is 456 g/mol. The van der Waals surface area contributed by atoms with Gasteiger partial charge in [-0.3, -0.25) is 9.78 Å². The Balaban J connectivity index is 1.51. The van der Waals surface area contributed by atoms with Crippen LogP contribution < -0.4 is 15.4 Å². The first-order valence-electron chi connectivity index (χ1n) is 9.97. The number of aromatic nitrogens is 1. The van der Waals surface area contributed by atoms with Crippen LogP contribution >= 0.6 is 11.6 Å². The third-order valence-corrected chi connectivity index (χ3v) is 5.23. The second-order valence-electron chi connectivity index (χ2n) is 7.15. The quantitative estimate of drug-likeness (QED) is 0.543. The van der Waals surface area contributed by atoms with Gasteiger partial charge in [-0.15, -0.1) is 0 Å². The van der Waals surface area contributed by atoms with Crippen molar-refractivity contribution in [2.24, 2.45) is 0 Å². The van der Waals surface area contributed by atoms with E-state index in [-0.39, 0.29) is 47.2 Å². The number of benzene rings is 2. The Labute approximate surface area is 192 Å². The van der Waals surface area contributed by atoms with Crippen molar-refractivity contribution in [2.45, 2.75) is 19.1 Å². The summed E-state index contributed by atoms with van der Waals surface area (Å²) < 4.78 is 38.8. The van der Waals surface area contributed by atoms with Gasteiger partial charge in [0.15, 0.2) is 0 Å². The predicted octanol–water partition coefficient (Wildman–Crippen LogP) is 5.02. The summed E-state index contributed by atoms with van der Waals surface area (Å²) in [5, 5.41) is 5.04. The average molecular weight is 474 g/mol. The van der Waals surface area contributed by atoms with Crippen LogP contribution in [0.5, 0.6) is 5.75 Å². The van der Waals surface area contributed by atoms with Crippen molar-refractivity contribution in [1.82, 2.24) is 10.3 Å². The number of alkyl carbamates (subject to hydrolysis) is 1. The topological polar surface area (TPSA) is 89.5 Å². The highest BCUT2D eigenvalue weighted by Crippen LogP contribution is 2.37. The van der Waals surface area contributed by atoms with E-state index in [4.69, 9.17) is 21.1 Å². The van der Waals surface area contributed by atoms with Crippen LogP contribution in [0, 0.1) is 11.6 Å². The Morgan fingerprint density at radius 1 is 1.15 bits per heavy atom. The second-order valence-corrected chi connectivity index (χ2v) is 7.56. The number of amides is 2. The van der Waals surface area contributed by atoms with Gasteiger partial charge in [-0.05, 0) is 42.5 Å². The second kappa shape index (κ2) is 9.83. The molecule has 33 heavy (non-hydrogen) atoms. The highest BCUT2D eigenvalue weighted by Gasteiger charge is 2.31. The van der Waals surface area contributed by atoms with Gasteiger partial charge in [-0.1, -0.05) is 17.7 Å². The molecule has 0 saturated heterocycles. The highest BCUT2D eigenvalue weighted by molar-refractivity contribution is 6.31. The third kappa shape index (κ3) is 5.20. The summed E-state index contributed by atoms with van der Waals surface area (Å²) in [6.07, 6.45) is 1.10. The van der Waals surface area contributed by atoms with Crippen molar-refractivity contribution < 1.29 is 27.8 Å². The molecule has 2 amide bonds. The van der Waals surface area contributed by atoms with Crippen LogP contribution in [-0.2, 0) is 11.3 Å². The predicted molar refractivity (Wildman–Crippen MR) is 116 cm³/mol. The fourth-order valence-corrected chi connectivity index (χ4v) is 3.56. The number of hydrogen-bond donors (Lipinski definition) is 2. The molecule has 1 aliphatic heterocycles. The molecule has 10 heteroatoms. The van der Waals surface area contributed by atoms with E-state index in [0.717, 1.165) is 12.1 Å². The number of carbonyl (C=O) groups is 2.